The molecule has 3 heterocycles. The fourth-order valence-electron chi connectivity index (χ4n) is 3.28. The van der Waals surface area contributed by atoms with Crippen molar-refractivity contribution in [2.75, 3.05) is 13.2 Å². The maximum Gasteiger partial charge on any atom is 0.270 e. The van der Waals surface area contributed by atoms with E-state index in [-0.39, 0.29) is 24.2 Å². The molecular weight excluding hydrogens is 392 g/mol. The Balaban J connectivity index is 1.47. The summed E-state index contributed by atoms with van der Waals surface area (Å²) >= 11 is 6.31. The second-order valence-electron chi connectivity index (χ2n) is 6.97. The molecule has 4 rings (SSSR count). The average molecular weight is 413 g/mol. The van der Waals surface area contributed by atoms with E-state index < -0.39 is 6.10 Å². The Bertz CT molecular complexity index is 976. The number of rotatable bonds is 5. The first-order valence-electron chi connectivity index (χ1n) is 9.40. The SMILES string of the molecule is O=C(N[C@H]1CCOC[C@@H]1O)c1cc(Cc2ccc(-n3cccn3)cc2)c(Cl)cn1. The van der Waals surface area contributed by atoms with Crippen LogP contribution in [0.4, 0.5) is 0 Å². The summed E-state index contributed by atoms with van der Waals surface area (Å²) in [6.07, 6.45) is 5.53. The number of benzene rings is 1. The third-order valence-corrected chi connectivity index (χ3v) is 5.25. The summed E-state index contributed by atoms with van der Waals surface area (Å²) < 4.78 is 6.98. The topological polar surface area (TPSA) is 89.3 Å². The molecule has 3 aromatic rings. The second-order valence-corrected chi connectivity index (χ2v) is 7.37. The minimum absolute atomic E-state index is 0.221. The fraction of sp³-hybridized carbons (Fsp3) is 0.286. The lowest BCUT2D eigenvalue weighted by Gasteiger charge is -2.28. The molecule has 0 spiro atoms. The van der Waals surface area contributed by atoms with Gasteiger partial charge in [0.1, 0.15) is 5.69 Å². The summed E-state index contributed by atoms with van der Waals surface area (Å²) in [5.74, 6) is -0.331. The highest BCUT2D eigenvalue weighted by Crippen LogP contribution is 2.21. The minimum atomic E-state index is -0.715. The monoisotopic (exact) mass is 412 g/mol. The van der Waals surface area contributed by atoms with Crippen LogP contribution in [0.2, 0.25) is 5.02 Å². The Labute approximate surface area is 173 Å². The zero-order valence-electron chi connectivity index (χ0n) is 15.7. The molecule has 0 bridgehead atoms. The summed E-state index contributed by atoms with van der Waals surface area (Å²) in [5, 5.41) is 17.5. The van der Waals surface area contributed by atoms with Crippen LogP contribution < -0.4 is 5.32 Å². The summed E-state index contributed by atoms with van der Waals surface area (Å²) in [6, 6.07) is 11.2. The number of carbonyl (C=O) groups is 1. The lowest BCUT2D eigenvalue weighted by Crippen LogP contribution is -2.48. The fourth-order valence-corrected chi connectivity index (χ4v) is 3.45. The molecule has 8 heteroatoms. The van der Waals surface area contributed by atoms with Gasteiger partial charge in [0.15, 0.2) is 0 Å². The highest BCUT2D eigenvalue weighted by atomic mass is 35.5. The van der Waals surface area contributed by atoms with Gasteiger partial charge in [0.2, 0.25) is 0 Å². The van der Waals surface area contributed by atoms with Gasteiger partial charge < -0.3 is 15.2 Å². The first kappa shape index (κ1) is 19.6. The van der Waals surface area contributed by atoms with Crippen LogP contribution in [0, 0.1) is 0 Å². The van der Waals surface area contributed by atoms with Gasteiger partial charge in [0, 0.05) is 25.2 Å². The van der Waals surface area contributed by atoms with Crippen molar-refractivity contribution in [1.82, 2.24) is 20.1 Å². The Morgan fingerprint density at radius 3 is 2.90 bits per heavy atom. The van der Waals surface area contributed by atoms with E-state index in [1.165, 1.54) is 6.20 Å². The maximum absolute atomic E-state index is 12.6. The summed E-state index contributed by atoms with van der Waals surface area (Å²) in [6.45, 7) is 0.731. The van der Waals surface area contributed by atoms with E-state index in [0.717, 1.165) is 16.8 Å². The Morgan fingerprint density at radius 2 is 2.17 bits per heavy atom. The first-order valence-corrected chi connectivity index (χ1v) is 9.78. The van der Waals surface area contributed by atoms with Crippen LogP contribution in [0.3, 0.4) is 0 Å². The average Bonchev–Trinajstić information content (AvgIpc) is 3.27. The van der Waals surface area contributed by atoms with Crippen LogP contribution in [0.1, 0.15) is 28.0 Å². The standard InChI is InChI=1S/C21H21ClN4O3/c22-17-12-23-19(21(28)25-18-6-9-29-13-20(18)27)11-15(17)10-14-2-4-16(5-3-14)26-8-1-7-24-26/h1-5,7-8,11-12,18,20,27H,6,9-10,13H2,(H,25,28)/t18-,20-/m0/s1. The molecule has 1 saturated heterocycles. The minimum Gasteiger partial charge on any atom is -0.389 e. The van der Waals surface area contributed by atoms with Crippen molar-refractivity contribution in [3.8, 4) is 5.69 Å². The number of hydrogen-bond donors (Lipinski definition) is 2. The zero-order chi connectivity index (χ0) is 20.2. The van der Waals surface area contributed by atoms with Crippen molar-refractivity contribution in [3.63, 3.8) is 0 Å². The number of nitrogens with one attached hydrogen (secondary N) is 1. The van der Waals surface area contributed by atoms with Gasteiger partial charge in [-0.2, -0.15) is 5.10 Å². The van der Waals surface area contributed by atoms with E-state index in [1.807, 2.05) is 36.5 Å². The molecule has 2 atom stereocenters. The molecule has 0 unspecified atom stereocenters. The maximum atomic E-state index is 12.6. The number of carbonyl (C=O) groups excluding carboxylic acids is 1. The predicted molar refractivity (Wildman–Crippen MR) is 108 cm³/mol. The van der Waals surface area contributed by atoms with Gasteiger partial charge in [-0.15, -0.1) is 0 Å². The molecule has 2 N–H and O–H groups in total. The molecule has 1 aliphatic heterocycles. The number of aromatic nitrogens is 3. The van der Waals surface area contributed by atoms with Crippen molar-refractivity contribution < 1.29 is 14.6 Å². The van der Waals surface area contributed by atoms with Crippen molar-refractivity contribution in [2.45, 2.75) is 25.0 Å². The van der Waals surface area contributed by atoms with Crippen molar-refractivity contribution in [1.29, 1.82) is 0 Å². The van der Waals surface area contributed by atoms with E-state index in [2.05, 4.69) is 15.4 Å². The molecule has 1 aliphatic rings. The third kappa shape index (κ3) is 4.64. The van der Waals surface area contributed by atoms with Crippen LogP contribution >= 0.6 is 11.6 Å². The molecular formula is C21H21ClN4O3. The second kappa shape index (κ2) is 8.73. The molecule has 0 radical (unpaired) electrons. The number of ether oxygens (including phenoxy) is 1. The van der Waals surface area contributed by atoms with Gasteiger partial charge in [-0.3, -0.25) is 4.79 Å². The number of amides is 1. The van der Waals surface area contributed by atoms with E-state index in [9.17, 15) is 9.90 Å². The predicted octanol–water partition coefficient (Wildman–Crippen LogP) is 2.39. The third-order valence-electron chi connectivity index (χ3n) is 4.91. The largest absolute Gasteiger partial charge is 0.389 e. The van der Waals surface area contributed by atoms with E-state index in [1.54, 1.807) is 16.9 Å². The highest BCUT2D eigenvalue weighted by Gasteiger charge is 2.26. The Hall–Kier alpha value is -2.74. The molecule has 0 saturated carbocycles. The van der Waals surface area contributed by atoms with Crippen molar-refractivity contribution >= 4 is 17.5 Å². The van der Waals surface area contributed by atoms with Crippen molar-refractivity contribution in [3.05, 3.63) is 76.8 Å². The highest BCUT2D eigenvalue weighted by molar-refractivity contribution is 6.31. The lowest BCUT2D eigenvalue weighted by atomic mass is 10.0. The van der Waals surface area contributed by atoms with Gasteiger partial charge in [-0.25, -0.2) is 9.67 Å². The quantitative estimate of drug-likeness (QED) is 0.671. The van der Waals surface area contributed by atoms with Crippen LogP contribution in [0.15, 0.2) is 55.0 Å². The van der Waals surface area contributed by atoms with E-state index >= 15 is 0 Å². The number of aliphatic hydroxyl groups is 1. The molecule has 150 valence electrons. The molecule has 7 nitrogen and oxygen atoms in total. The lowest BCUT2D eigenvalue weighted by molar-refractivity contribution is -0.0261. The summed E-state index contributed by atoms with van der Waals surface area (Å²) in [4.78, 5) is 16.7. The number of hydrogen-bond acceptors (Lipinski definition) is 5. The van der Waals surface area contributed by atoms with Gasteiger partial charge >= 0.3 is 0 Å². The zero-order valence-corrected chi connectivity index (χ0v) is 16.4. The number of nitrogens with zero attached hydrogens (tertiary/aromatic N) is 3. The summed E-state index contributed by atoms with van der Waals surface area (Å²) in [7, 11) is 0. The Kier molecular flexibility index (Phi) is 5.89. The molecule has 1 fully saturated rings. The normalized spacial score (nSPS) is 19.1. The first-order chi connectivity index (χ1) is 14.1. The van der Waals surface area contributed by atoms with Crippen LogP contribution in [-0.2, 0) is 11.2 Å². The van der Waals surface area contributed by atoms with Gasteiger partial charge in [-0.05, 0) is 48.2 Å². The van der Waals surface area contributed by atoms with Gasteiger partial charge in [0.05, 0.1) is 29.5 Å². The number of pyridine rings is 1. The van der Waals surface area contributed by atoms with Crippen LogP contribution in [-0.4, -0.2) is 51.1 Å². The number of halogens is 1. The molecule has 1 aromatic carbocycles. The molecule has 0 aliphatic carbocycles. The van der Waals surface area contributed by atoms with Crippen LogP contribution in [0.25, 0.3) is 5.69 Å². The van der Waals surface area contributed by atoms with Gasteiger partial charge in [0.25, 0.3) is 5.91 Å². The molecule has 2 aromatic heterocycles. The number of aliphatic hydroxyl groups excluding tert-OH is 1. The molecule has 29 heavy (non-hydrogen) atoms. The van der Waals surface area contributed by atoms with Crippen LogP contribution in [0.5, 0.6) is 0 Å². The molecule has 1 amide bonds. The van der Waals surface area contributed by atoms with E-state index in [4.69, 9.17) is 16.3 Å². The van der Waals surface area contributed by atoms with E-state index in [0.29, 0.717) is 24.5 Å². The van der Waals surface area contributed by atoms with Gasteiger partial charge in [-0.1, -0.05) is 23.7 Å². The summed E-state index contributed by atoms with van der Waals surface area (Å²) in [5.41, 5.74) is 3.11. The Morgan fingerprint density at radius 1 is 1.34 bits per heavy atom. The smallest absolute Gasteiger partial charge is 0.270 e. The van der Waals surface area contributed by atoms with Crippen molar-refractivity contribution in [2.24, 2.45) is 0 Å².